The lowest BCUT2D eigenvalue weighted by Gasteiger charge is -2.23. The molecule has 0 radical (unpaired) electrons. The van der Waals surface area contributed by atoms with Crippen molar-refractivity contribution in [1.29, 1.82) is 0 Å². The predicted octanol–water partition coefficient (Wildman–Crippen LogP) is 5.45. The number of pyridine rings is 2. The number of thiophene rings is 1. The fourth-order valence-corrected chi connectivity index (χ4v) is 7.47. The molecule has 3 aromatic rings. The van der Waals surface area contributed by atoms with Crippen LogP contribution in [0.2, 0.25) is 0 Å². The van der Waals surface area contributed by atoms with Crippen molar-refractivity contribution in [3.8, 4) is 11.3 Å². The Kier molecular flexibility index (Phi) is 8.69. The highest BCUT2D eigenvalue weighted by Crippen LogP contribution is 2.63. The van der Waals surface area contributed by atoms with E-state index in [1.54, 1.807) is 17.0 Å². The molecule has 2 saturated heterocycles. The van der Waals surface area contributed by atoms with Gasteiger partial charge in [0.25, 0.3) is 5.91 Å². The van der Waals surface area contributed by atoms with E-state index in [0.717, 1.165) is 12.5 Å². The zero-order valence-electron chi connectivity index (χ0n) is 24.2. The maximum atomic E-state index is 13.9. The maximum absolute atomic E-state index is 13.9. The summed E-state index contributed by atoms with van der Waals surface area (Å²) < 4.78 is 42.3. The molecule has 3 aliphatic rings. The third-order valence-corrected chi connectivity index (χ3v) is 9.97. The van der Waals surface area contributed by atoms with Crippen LogP contribution in [0.25, 0.3) is 21.5 Å². The molecule has 6 rings (SSSR count). The van der Waals surface area contributed by atoms with Gasteiger partial charge >= 0.3 is 6.18 Å². The molecular formula is C29H32Cl2F3N5O3S. The number of aryl methyl sites for hydroxylation is 1. The molecule has 2 aliphatic heterocycles. The highest BCUT2D eigenvalue weighted by molar-refractivity contribution is 7.19. The van der Waals surface area contributed by atoms with Crippen molar-refractivity contribution in [1.82, 2.24) is 24.7 Å². The first kappa shape index (κ1) is 33.1. The number of imide groups is 1. The Labute approximate surface area is 263 Å². The minimum atomic E-state index is -4.71. The summed E-state index contributed by atoms with van der Waals surface area (Å²) in [4.78, 5) is 53.6. The summed E-state index contributed by atoms with van der Waals surface area (Å²) in [5, 5.41) is 0. The summed E-state index contributed by atoms with van der Waals surface area (Å²) in [6, 6.07) is 4.39. The molecule has 1 aliphatic carbocycles. The summed E-state index contributed by atoms with van der Waals surface area (Å²) in [6.07, 6.45) is -2.47. The molecule has 14 heteroatoms. The molecule has 3 aromatic heterocycles. The number of piperidine rings is 1. The number of likely N-dealkylation sites (N-methyl/N-ethyl adjacent to an activating group) is 1. The quantitative estimate of drug-likeness (QED) is 0.340. The second-order valence-corrected chi connectivity index (χ2v) is 13.2. The highest BCUT2D eigenvalue weighted by atomic mass is 35.5. The van der Waals surface area contributed by atoms with Gasteiger partial charge in [-0.05, 0) is 56.6 Å². The maximum Gasteiger partial charge on any atom is 0.433 e. The van der Waals surface area contributed by atoms with E-state index in [0.29, 0.717) is 33.7 Å². The van der Waals surface area contributed by atoms with E-state index in [-0.39, 0.29) is 89.2 Å². The number of halogens is 5. The van der Waals surface area contributed by atoms with E-state index in [2.05, 4.69) is 9.97 Å². The minimum Gasteiger partial charge on any atom is -0.337 e. The zero-order chi connectivity index (χ0) is 29.6. The molecule has 8 nitrogen and oxygen atoms in total. The smallest absolute Gasteiger partial charge is 0.337 e. The van der Waals surface area contributed by atoms with Gasteiger partial charge in [0.05, 0.1) is 39.9 Å². The number of aromatic nitrogens is 2. The number of carbonyl (C=O) groups excluding carboxylic acids is 3. The third kappa shape index (κ3) is 5.40. The van der Waals surface area contributed by atoms with Crippen molar-refractivity contribution in [2.24, 2.45) is 17.3 Å². The van der Waals surface area contributed by atoms with Crippen LogP contribution in [0.15, 0.2) is 24.4 Å². The number of carbonyl (C=O) groups is 3. The lowest BCUT2D eigenvalue weighted by atomic mass is 9.99. The van der Waals surface area contributed by atoms with Crippen molar-refractivity contribution < 1.29 is 27.6 Å². The van der Waals surface area contributed by atoms with E-state index in [1.807, 2.05) is 32.8 Å². The first-order valence-corrected chi connectivity index (χ1v) is 14.3. The molecule has 232 valence electrons. The first-order chi connectivity index (χ1) is 19.2. The van der Waals surface area contributed by atoms with Gasteiger partial charge in [-0.15, -0.1) is 36.2 Å². The van der Waals surface area contributed by atoms with Crippen molar-refractivity contribution in [3.63, 3.8) is 0 Å². The molecule has 3 atom stereocenters. The summed E-state index contributed by atoms with van der Waals surface area (Å²) >= 11 is 1.24. The summed E-state index contributed by atoms with van der Waals surface area (Å²) in [7, 11) is 3.87. The van der Waals surface area contributed by atoms with Crippen LogP contribution in [0, 0.1) is 24.2 Å². The number of likely N-dealkylation sites (tertiary alicyclic amines) is 2. The van der Waals surface area contributed by atoms with Crippen molar-refractivity contribution >= 4 is 64.1 Å². The second kappa shape index (κ2) is 11.3. The number of rotatable bonds is 5. The van der Waals surface area contributed by atoms with E-state index in [4.69, 9.17) is 0 Å². The monoisotopic (exact) mass is 657 g/mol. The Morgan fingerprint density at radius 3 is 2.37 bits per heavy atom. The number of nitrogens with zero attached hydrogens (tertiary/aromatic N) is 5. The molecule has 0 aromatic carbocycles. The molecule has 3 amide bonds. The Hall–Kier alpha value is -2.80. The van der Waals surface area contributed by atoms with Gasteiger partial charge in [0.15, 0.2) is 0 Å². The lowest BCUT2D eigenvalue weighted by Crippen LogP contribution is -2.35. The van der Waals surface area contributed by atoms with Crippen LogP contribution in [0.1, 0.15) is 46.8 Å². The van der Waals surface area contributed by atoms with E-state index in [1.165, 1.54) is 29.4 Å². The molecule has 0 spiro atoms. The van der Waals surface area contributed by atoms with Crippen LogP contribution in [0.4, 0.5) is 13.2 Å². The number of hydrogen-bond donors (Lipinski definition) is 0. The fourth-order valence-electron chi connectivity index (χ4n) is 6.36. The summed E-state index contributed by atoms with van der Waals surface area (Å²) in [5.41, 5.74) is -0.271. The highest BCUT2D eigenvalue weighted by Gasteiger charge is 2.72. The van der Waals surface area contributed by atoms with Gasteiger partial charge in [-0.25, -0.2) is 4.98 Å². The molecule has 5 heterocycles. The van der Waals surface area contributed by atoms with Gasteiger partial charge in [0.2, 0.25) is 11.8 Å². The van der Waals surface area contributed by atoms with Crippen molar-refractivity contribution in [2.75, 3.05) is 27.2 Å². The molecule has 0 N–H and O–H groups in total. The van der Waals surface area contributed by atoms with Gasteiger partial charge in [-0.3, -0.25) is 24.3 Å². The normalized spacial score (nSPS) is 22.6. The zero-order valence-corrected chi connectivity index (χ0v) is 26.6. The average molecular weight is 659 g/mol. The SMILES string of the molecule is Cc1cc(C(F)(F)F)nc(-c2ccnc3cc(CN4C(=O)C5C(C4=O)C5(C)C)sc23)c1C(=O)N1CCC(N(C)C)C1.Cl.Cl. The Morgan fingerprint density at radius 2 is 1.79 bits per heavy atom. The Bertz CT molecular complexity index is 1600. The molecule has 3 unspecified atom stereocenters. The average Bonchev–Trinajstić information content (AvgIpc) is 3.33. The van der Waals surface area contributed by atoms with Crippen LogP contribution >= 0.6 is 36.2 Å². The molecule has 43 heavy (non-hydrogen) atoms. The van der Waals surface area contributed by atoms with Gasteiger partial charge < -0.3 is 9.80 Å². The van der Waals surface area contributed by atoms with Crippen LogP contribution in [-0.4, -0.2) is 75.6 Å². The van der Waals surface area contributed by atoms with E-state index < -0.39 is 11.9 Å². The molecule has 0 bridgehead atoms. The molecule has 3 fully saturated rings. The number of alkyl halides is 3. The van der Waals surface area contributed by atoms with Gasteiger partial charge in [-0.1, -0.05) is 13.8 Å². The van der Waals surface area contributed by atoms with E-state index in [9.17, 15) is 27.6 Å². The topological polar surface area (TPSA) is 86.7 Å². The Balaban J connectivity index is 0.00000212. The van der Waals surface area contributed by atoms with E-state index >= 15 is 0 Å². The largest absolute Gasteiger partial charge is 0.433 e. The van der Waals surface area contributed by atoms with Gasteiger partial charge in [0, 0.05) is 35.8 Å². The lowest BCUT2D eigenvalue weighted by molar-refractivity contribution is -0.144. The fraction of sp³-hybridized carbons (Fsp3) is 0.483. The van der Waals surface area contributed by atoms with Crippen LogP contribution in [-0.2, 0) is 22.3 Å². The standard InChI is InChI=1S/C29H30F3N5O3S.2ClH/c1-14-10-19(29(30,31)32)34-23(20(14)25(38)36-9-7-15(12-36)35(4)5)17-6-8-33-18-11-16(41-24(17)18)13-37-26(39)21-22(27(37)40)28(21,2)3;;/h6,8,10-11,15,21-22H,7,9,12-13H2,1-5H3;2*1H. The van der Waals surface area contributed by atoms with Crippen LogP contribution < -0.4 is 0 Å². The Morgan fingerprint density at radius 1 is 1.14 bits per heavy atom. The second-order valence-electron chi connectivity index (χ2n) is 12.0. The third-order valence-electron chi connectivity index (χ3n) is 8.83. The molecule has 1 saturated carbocycles. The van der Waals surface area contributed by atoms with Crippen LogP contribution in [0.5, 0.6) is 0 Å². The van der Waals surface area contributed by atoms with Gasteiger partial charge in [0.1, 0.15) is 5.69 Å². The van der Waals surface area contributed by atoms with Crippen LogP contribution in [0.3, 0.4) is 0 Å². The first-order valence-electron chi connectivity index (χ1n) is 13.5. The van der Waals surface area contributed by atoms with Gasteiger partial charge in [-0.2, -0.15) is 13.2 Å². The summed E-state index contributed by atoms with van der Waals surface area (Å²) in [6.45, 7) is 6.36. The van der Waals surface area contributed by atoms with Crippen molar-refractivity contribution in [3.05, 3.63) is 46.1 Å². The van der Waals surface area contributed by atoms with Crippen molar-refractivity contribution in [2.45, 2.75) is 46.0 Å². The number of hydrogen-bond acceptors (Lipinski definition) is 7. The number of fused-ring (bicyclic) bond motifs is 2. The molecular weight excluding hydrogens is 626 g/mol. The predicted molar refractivity (Wildman–Crippen MR) is 161 cm³/mol. The minimum absolute atomic E-state index is 0. The summed E-state index contributed by atoms with van der Waals surface area (Å²) in [5.74, 6) is -1.36. The number of amides is 3.